The average molecular weight is 281 g/mol. The number of rotatable bonds is 4. The molecule has 1 saturated carbocycles. The minimum atomic E-state index is 0.314. The molecule has 0 radical (unpaired) electrons. The number of hydrogen-bond acceptors (Lipinski definition) is 3. The van der Waals surface area contributed by atoms with Gasteiger partial charge in [-0.1, -0.05) is 0 Å². The van der Waals surface area contributed by atoms with Crippen molar-refractivity contribution in [1.29, 1.82) is 0 Å². The molecule has 1 aliphatic carbocycles. The van der Waals surface area contributed by atoms with Crippen LogP contribution in [0.1, 0.15) is 37.5 Å². The highest BCUT2D eigenvalue weighted by Gasteiger charge is 2.31. The Morgan fingerprint density at radius 2 is 2.24 bits per heavy atom. The van der Waals surface area contributed by atoms with Gasteiger partial charge < -0.3 is 10.3 Å². The molecule has 1 aromatic carbocycles. The fourth-order valence-corrected chi connectivity index (χ4v) is 2.99. The van der Waals surface area contributed by atoms with E-state index in [2.05, 4.69) is 22.7 Å². The first-order valence-corrected chi connectivity index (χ1v) is 7.47. The van der Waals surface area contributed by atoms with Gasteiger partial charge in [-0.15, -0.1) is 0 Å². The molecule has 108 valence electrons. The number of fused-ring (bicyclic) bond motifs is 1. The molecule has 1 fully saturated rings. The Labute approximate surface area is 123 Å². The molecule has 1 unspecified atom stereocenters. The van der Waals surface area contributed by atoms with Crippen LogP contribution in [0.15, 0.2) is 36.7 Å². The van der Waals surface area contributed by atoms with E-state index in [-0.39, 0.29) is 0 Å². The summed E-state index contributed by atoms with van der Waals surface area (Å²) in [5, 5.41) is 4.31. The first-order valence-electron chi connectivity index (χ1n) is 7.47. The van der Waals surface area contributed by atoms with Crippen molar-refractivity contribution in [3.05, 3.63) is 42.5 Å². The van der Waals surface area contributed by atoms with Crippen LogP contribution in [0.4, 0.5) is 5.69 Å². The van der Waals surface area contributed by atoms with Gasteiger partial charge in [-0.25, -0.2) is 4.98 Å². The van der Waals surface area contributed by atoms with Crippen molar-refractivity contribution in [2.75, 3.05) is 5.73 Å². The van der Waals surface area contributed by atoms with E-state index in [1.807, 2.05) is 35.3 Å². The highest BCUT2D eigenvalue weighted by Crippen LogP contribution is 2.42. The van der Waals surface area contributed by atoms with Gasteiger partial charge in [0.05, 0.1) is 23.6 Å². The molecule has 2 heterocycles. The summed E-state index contributed by atoms with van der Waals surface area (Å²) in [4.78, 5) is 4.84. The van der Waals surface area contributed by atoms with Crippen molar-refractivity contribution >= 4 is 16.7 Å². The van der Waals surface area contributed by atoms with Gasteiger partial charge in [-0.05, 0) is 44.0 Å². The van der Waals surface area contributed by atoms with Crippen LogP contribution in [-0.4, -0.2) is 19.3 Å². The molecule has 0 bridgehead atoms. The van der Waals surface area contributed by atoms with Crippen molar-refractivity contribution in [3.63, 3.8) is 0 Å². The quantitative estimate of drug-likeness (QED) is 0.748. The van der Waals surface area contributed by atoms with Gasteiger partial charge in [0.15, 0.2) is 0 Å². The van der Waals surface area contributed by atoms with Gasteiger partial charge in [0.1, 0.15) is 5.82 Å². The van der Waals surface area contributed by atoms with E-state index >= 15 is 0 Å². The van der Waals surface area contributed by atoms with Crippen LogP contribution in [0, 0.1) is 0 Å². The molecule has 4 rings (SSSR count). The topological polar surface area (TPSA) is 61.7 Å². The van der Waals surface area contributed by atoms with Gasteiger partial charge in [0, 0.05) is 24.0 Å². The maximum Gasteiger partial charge on any atom is 0.113 e. The standard InChI is InChI=1S/C16H19N5/c1-11(10-20-8-2-7-18-20)21-15-6-5-13(17)9-14(15)19-16(21)12-3-4-12/h2,5-9,11-12H,3-4,10,17H2,1H3. The van der Waals surface area contributed by atoms with Gasteiger partial charge in [0.25, 0.3) is 0 Å². The zero-order valence-electron chi connectivity index (χ0n) is 12.1. The number of nitrogen functional groups attached to an aromatic ring is 1. The lowest BCUT2D eigenvalue weighted by Gasteiger charge is -2.17. The van der Waals surface area contributed by atoms with Crippen molar-refractivity contribution in [1.82, 2.24) is 19.3 Å². The molecular formula is C16H19N5. The van der Waals surface area contributed by atoms with Gasteiger partial charge in [0.2, 0.25) is 0 Å². The van der Waals surface area contributed by atoms with Crippen LogP contribution >= 0.6 is 0 Å². The molecule has 5 heteroatoms. The smallest absolute Gasteiger partial charge is 0.113 e. The number of imidazole rings is 1. The third-order valence-corrected chi connectivity index (χ3v) is 4.13. The summed E-state index contributed by atoms with van der Waals surface area (Å²) in [6.07, 6.45) is 6.31. The SMILES string of the molecule is CC(Cn1cccn1)n1c(C2CC2)nc2cc(N)ccc21. The Morgan fingerprint density at radius 1 is 1.38 bits per heavy atom. The van der Waals surface area contributed by atoms with Crippen LogP contribution in [0.25, 0.3) is 11.0 Å². The Balaban J connectivity index is 1.79. The number of aromatic nitrogens is 4. The van der Waals surface area contributed by atoms with Crippen molar-refractivity contribution in [2.45, 2.75) is 38.3 Å². The monoisotopic (exact) mass is 281 g/mol. The number of nitrogens with two attached hydrogens (primary N) is 1. The maximum atomic E-state index is 5.90. The van der Waals surface area contributed by atoms with E-state index in [4.69, 9.17) is 10.7 Å². The molecule has 5 nitrogen and oxygen atoms in total. The second-order valence-corrected chi connectivity index (χ2v) is 5.94. The molecular weight excluding hydrogens is 262 g/mol. The van der Waals surface area contributed by atoms with Crippen LogP contribution in [0.2, 0.25) is 0 Å². The predicted molar refractivity (Wildman–Crippen MR) is 83.1 cm³/mol. The Morgan fingerprint density at radius 3 is 2.95 bits per heavy atom. The Bertz CT molecular complexity index is 767. The van der Waals surface area contributed by atoms with Crippen molar-refractivity contribution < 1.29 is 0 Å². The van der Waals surface area contributed by atoms with Crippen LogP contribution < -0.4 is 5.73 Å². The molecule has 21 heavy (non-hydrogen) atoms. The van der Waals surface area contributed by atoms with Crippen molar-refractivity contribution in [3.8, 4) is 0 Å². The summed E-state index contributed by atoms with van der Waals surface area (Å²) in [6.45, 7) is 3.08. The second kappa shape index (κ2) is 4.62. The molecule has 2 aromatic heterocycles. The van der Waals surface area contributed by atoms with E-state index in [9.17, 15) is 0 Å². The zero-order valence-corrected chi connectivity index (χ0v) is 12.1. The first kappa shape index (κ1) is 12.4. The van der Waals surface area contributed by atoms with Crippen LogP contribution in [0.3, 0.4) is 0 Å². The van der Waals surface area contributed by atoms with E-state index in [1.165, 1.54) is 24.2 Å². The van der Waals surface area contributed by atoms with E-state index in [0.717, 1.165) is 17.7 Å². The number of anilines is 1. The third-order valence-electron chi connectivity index (χ3n) is 4.13. The summed E-state index contributed by atoms with van der Waals surface area (Å²) in [5.41, 5.74) is 8.85. The number of benzene rings is 1. The summed E-state index contributed by atoms with van der Waals surface area (Å²) in [5.74, 6) is 1.81. The third kappa shape index (κ3) is 2.18. The highest BCUT2D eigenvalue weighted by molar-refractivity contribution is 5.80. The molecule has 0 spiro atoms. The maximum absolute atomic E-state index is 5.90. The molecule has 0 saturated heterocycles. The minimum Gasteiger partial charge on any atom is -0.399 e. The van der Waals surface area contributed by atoms with Gasteiger partial charge >= 0.3 is 0 Å². The normalized spacial score (nSPS) is 16.4. The highest BCUT2D eigenvalue weighted by atomic mass is 15.3. The minimum absolute atomic E-state index is 0.314. The Kier molecular flexibility index (Phi) is 2.74. The average Bonchev–Trinajstić information content (AvgIpc) is 3.05. The van der Waals surface area contributed by atoms with Gasteiger partial charge in [-0.3, -0.25) is 4.68 Å². The van der Waals surface area contributed by atoms with Crippen molar-refractivity contribution in [2.24, 2.45) is 0 Å². The second-order valence-electron chi connectivity index (χ2n) is 5.94. The lowest BCUT2D eigenvalue weighted by molar-refractivity contribution is 0.434. The summed E-state index contributed by atoms with van der Waals surface area (Å²) in [7, 11) is 0. The number of nitrogens with zero attached hydrogens (tertiary/aromatic N) is 4. The molecule has 1 atom stereocenters. The Hall–Kier alpha value is -2.30. The van der Waals surface area contributed by atoms with E-state index in [0.29, 0.717) is 12.0 Å². The molecule has 1 aliphatic rings. The lowest BCUT2D eigenvalue weighted by Crippen LogP contribution is -2.15. The zero-order chi connectivity index (χ0) is 14.4. The fourth-order valence-electron chi connectivity index (χ4n) is 2.99. The summed E-state index contributed by atoms with van der Waals surface area (Å²) >= 11 is 0. The first-order chi connectivity index (χ1) is 10.2. The predicted octanol–water partition coefficient (Wildman–Crippen LogP) is 2.95. The molecule has 0 amide bonds. The largest absolute Gasteiger partial charge is 0.399 e. The molecule has 3 aromatic rings. The van der Waals surface area contributed by atoms with Crippen LogP contribution in [0.5, 0.6) is 0 Å². The summed E-state index contributed by atoms with van der Waals surface area (Å²) in [6, 6.07) is 8.29. The molecule has 2 N–H and O–H groups in total. The van der Waals surface area contributed by atoms with E-state index < -0.39 is 0 Å². The number of hydrogen-bond donors (Lipinski definition) is 1. The lowest BCUT2D eigenvalue weighted by atomic mass is 10.2. The van der Waals surface area contributed by atoms with Crippen LogP contribution in [-0.2, 0) is 6.54 Å². The van der Waals surface area contributed by atoms with E-state index in [1.54, 1.807) is 0 Å². The fraction of sp³-hybridized carbons (Fsp3) is 0.375. The summed E-state index contributed by atoms with van der Waals surface area (Å²) < 4.78 is 4.35. The van der Waals surface area contributed by atoms with Gasteiger partial charge in [-0.2, -0.15) is 5.10 Å². The molecule has 0 aliphatic heterocycles.